The molecule has 0 aliphatic carbocycles. The Morgan fingerprint density at radius 2 is 1.89 bits per heavy atom. The smallest absolute Gasteiger partial charge is 0.275 e. The van der Waals surface area contributed by atoms with E-state index in [1.165, 1.54) is 11.3 Å². The molecule has 0 radical (unpaired) electrons. The fourth-order valence-electron chi connectivity index (χ4n) is 3.28. The summed E-state index contributed by atoms with van der Waals surface area (Å²) < 4.78 is 0. The summed E-state index contributed by atoms with van der Waals surface area (Å²) in [5.74, 6) is -0.214. The predicted octanol–water partition coefficient (Wildman–Crippen LogP) is 5.33. The summed E-state index contributed by atoms with van der Waals surface area (Å²) in [5, 5.41) is 7.75. The molecule has 0 fully saturated rings. The average Bonchev–Trinajstić information content (AvgIpc) is 3.38. The van der Waals surface area contributed by atoms with Gasteiger partial charge >= 0.3 is 0 Å². The lowest BCUT2D eigenvalue weighted by Crippen LogP contribution is -2.12. The summed E-state index contributed by atoms with van der Waals surface area (Å²) in [6, 6.07) is 18.0. The summed E-state index contributed by atoms with van der Waals surface area (Å²) in [6.45, 7) is 2.00. The lowest BCUT2D eigenvalue weighted by molar-refractivity contribution is 0.102. The summed E-state index contributed by atoms with van der Waals surface area (Å²) in [6.07, 6.45) is 0. The molecule has 0 aliphatic heterocycles. The first-order valence-corrected chi connectivity index (χ1v) is 9.49. The highest BCUT2D eigenvalue weighted by Crippen LogP contribution is 2.28. The zero-order valence-electron chi connectivity index (χ0n) is 14.5. The van der Waals surface area contributed by atoms with Crippen LogP contribution in [0.4, 0.5) is 5.69 Å². The van der Waals surface area contributed by atoms with E-state index in [4.69, 9.17) is 0 Å². The number of H-pyrrole nitrogens is 2. The number of rotatable bonds is 3. The first-order chi connectivity index (χ1) is 13.2. The van der Waals surface area contributed by atoms with Crippen molar-refractivity contribution >= 4 is 44.7 Å². The second-order valence-electron chi connectivity index (χ2n) is 6.48. The Kier molecular flexibility index (Phi) is 3.58. The van der Waals surface area contributed by atoms with Gasteiger partial charge in [0.2, 0.25) is 0 Å². The van der Waals surface area contributed by atoms with Crippen LogP contribution >= 0.6 is 11.3 Å². The maximum atomic E-state index is 12.7. The molecule has 5 rings (SSSR count). The molecule has 0 saturated heterocycles. The molecule has 132 valence electrons. The lowest BCUT2D eigenvalue weighted by Gasteiger charge is -2.04. The van der Waals surface area contributed by atoms with Crippen LogP contribution in [-0.2, 0) is 0 Å². The van der Waals surface area contributed by atoms with Crippen LogP contribution in [0.2, 0.25) is 0 Å². The third-order valence-electron chi connectivity index (χ3n) is 4.54. The fraction of sp³-hybridized carbons (Fsp3) is 0.0476. The third kappa shape index (κ3) is 2.80. The maximum absolute atomic E-state index is 12.7. The second kappa shape index (κ2) is 6.10. The van der Waals surface area contributed by atoms with Gasteiger partial charge in [0.15, 0.2) is 0 Å². The summed E-state index contributed by atoms with van der Waals surface area (Å²) in [4.78, 5) is 23.9. The highest BCUT2D eigenvalue weighted by atomic mass is 32.1. The van der Waals surface area contributed by atoms with Gasteiger partial charge < -0.3 is 15.3 Å². The van der Waals surface area contributed by atoms with Crippen molar-refractivity contribution in [3.63, 3.8) is 0 Å². The first kappa shape index (κ1) is 15.8. The minimum absolute atomic E-state index is 0.214. The second-order valence-corrected chi connectivity index (χ2v) is 7.34. The minimum atomic E-state index is -0.214. The molecule has 3 heterocycles. The van der Waals surface area contributed by atoms with Gasteiger partial charge in [0, 0.05) is 27.4 Å². The normalized spacial score (nSPS) is 11.3. The monoisotopic (exact) mass is 372 g/mol. The SMILES string of the molecule is Cc1cc2cccc(NC(=O)c3csc(-c4cc5ccccc5[nH]4)n3)c2[nH]1. The molecular weight excluding hydrogens is 356 g/mol. The van der Waals surface area contributed by atoms with Crippen LogP contribution in [0.25, 0.3) is 32.5 Å². The number of fused-ring (bicyclic) bond motifs is 2. The Hall–Kier alpha value is -3.38. The number of carbonyl (C=O) groups is 1. The number of aromatic nitrogens is 3. The molecule has 1 amide bonds. The molecular formula is C21H16N4OS. The Morgan fingerprint density at radius 3 is 2.78 bits per heavy atom. The van der Waals surface area contributed by atoms with E-state index in [9.17, 15) is 4.79 Å². The van der Waals surface area contributed by atoms with Crippen molar-refractivity contribution in [2.24, 2.45) is 0 Å². The van der Waals surface area contributed by atoms with Gasteiger partial charge in [-0.15, -0.1) is 11.3 Å². The fourth-order valence-corrected chi connectivity index (χ4v) is 4.05. The Labute approximate surface area is 159 Å². The van der Waals surface area contributed by atoms with Gasteiger partial charge in [-0.2, -0.15) is 0 Å². The molecule has 0 spiro atoms. The molecule has 3 N–H and O–H groups in total. The van der Waals surface area contributed by atoms with Crippen molar-refractivity contribution in [2.75, 3.05) is 5.32 Å². The molecule has 5 aromatic rings. The van der Waals surface area contributed by atoms with Crippen molar-refractivity contribution < 1.29 is 4.79 Å². The number of carbonyl (C=O) groups excluding carboxylic acids is 1. The van der Waals surface area contributed by atoms with Crippen LogP contribution in [0.5, 0.6) is 0 Å². The predicted molar refractivity (Wildman–Crippen MR) is 110 cm³/mol. The van der Waals surface area contributed by atoms with Crippen LogP contribution in [0.1, 0.15) is 16.2 Å². The highest BCUT2D eigenvalue weighted by molar-refractivity contribution is 7.13. The van der Waals surface area contributed by atoms with E-state index >= 15 is 0 Å². The molecule has 0 unspecified atom stereocenters. The zero-order valence-corrected chi connectivity index (χ0v) is 15.4. The number of para-hydroxylation sites is 2. The van der Waals surface area contributed by atoms with E-state index in [1.807, 2.05) is 43.3 Å². The van der Waals surface area contributed by atoms with Crippen molar-refractivity contribution in [1.82, 2.24) is 15.0 Å². The van der Waals surface area contributed by atoms with Crippen LogP contribution in [0.15, 0.2) is 60.0 Å². The van der Waals surface area contributed by atoms with Crippen LogP contribution < -0.4 is 5.32 Å². The number of hydrogen-bond acceptors (Lipinski definition) is 3. The lowest BCUT2D eigenvalue weighted by atomic mass is 10.2. The van der Waals surface area contributed by atoms with Crippen molar-refractivity contribution in [2.45, 2.75) is 6.92 Å². The molecule has 27 heavy (non-hydrogen) atoms. The highest BCUT2D eigenvalue weighted by Gasteiger charge is 2.15. The summed E-state index contributed by atoms with van der Waals surface area (Å²) in [7, 11) is 0. The number of hydrogen-bond donors (Lipinski definition) is 3. The van der Waals surface area contributed by atoms with Crippen LogP contribution in [-0.4, -0.2) is 20.9 Å². The van der Waals surface area contributed by atoms with Crippen molar-refractivity contribution in [3.05, 3.63) is 71.4 Å². The van der Waals surface area contributed by atoms with Gasteiger partial charge in [-0.05, 0) is 31.2 Å². The number of amides is 1. The maximum Gasteiger partial charge on any atom is 0.275 e. The molecule has 3 aromatic heterocycles. The summed E-state index contributed by atoms with van der Waals surface area (Å²) >= 11 is 1.45. The van der Waals surface area contributed by atoms with Gasteiger partial charge in [-0.1, -0.05) is 30.3 Å². The van der Waals surface area contributed by atoms with E-state index in [-0.39, 0.29) is 5.91 Å². The Morgan fingerprint density at radius 1 is 1.04 bits per heavy atom. The van der Waals surface area contributed by atoms with Crippen LogP contribution in [0, 0.1) is 6.92 Å². The van der Waals surface area contributed by atoms with E-state index in [0.717, 1.165) is 43.9 Å². The molecule has 0 saturated carbocycles. The number of benzene rings is 2. The number of aromatic amines is 2. The van der Waals surface area contributed by atoms with Crippen LogP contribution in [0.3, 0.4) is 0 Å². The van der Waals surface area contributed by atoms with E-state index in [1.54, 1.807) is 5.38 Å². The van der Waals surface area contributed by atoms with Gasteiger partial charge in [0.1, 0.15) is 10.7 Å². The van der Waals surface area contributed by atoms with E-state index in [0.29, 0.717) is 5.69 Å². The number of aryl methyl sites for hydroxylation is 1. The quantitative estimate of drug-likeness (QED) is 0.400. The standard InChI is InChI=1S/C21H16N4OS/c1-12-9-14-6-4-8-16(19(14)22-12)24-20(26)18-11-27-21(25-18)17-10-13-5-2-3-7-15(13)23-17/h2-11,22-23H,1H3,(H,24,26). The molecule has 5 nitrogen and oxygen atoms in total. The topological polar surface area (TPSA) is 73.6 Å². The van der Waals surface area contributed by atoms with Gasteiger partial charge in [0.25, 0.3) is 5.91 Å². The first-order valence-electron chi connectivity index (χ1n) is 8.61. The number of anilines is 1. The third-order valence-corrected chi connectivity index (χ3v) is 5.41. The Balaban J connectivity index is 1.44. The van der Waals surface area contributed by atoms with Gasteiger partial charge in [-0.25, -0.2) is 4.98 Å². The number of thiazole rings is 1. The molecule has 2 aromatic carbocycles. The molecule has 0 aliphatic rings. The average molecular weight is 372 g/mol. The molecule has 0 atom stereocenters. The summed E-state index contributed by atoms with van der Waals surface area (Å²) in [5.41, 5.74) is 5.13. The van der Waals surface area contributed by atoms with Crippen molar-refractivity contribution in [3.8, 4) is 10.7 Å². The van der Waals surface area contributed by atoms with Gasteiger partial charge in [0.05, 0.1) is 16.9 Å². The van der Waals surface area contributed by atoms with Crippen molar-refractivity contribution in [1.29, 1.82) is 0 Å². The minimum Gasteiger partial charge on any atom is -0.357 e. The van der Waals surface area contributed by atoms with Gasteiger partial charge in [-0.3, -0.25) is 4.79 Å². The van der Waals surface area contributed by atoms with E-state index in [2.05, 4.69) is 38.5 Å². The number of nitrogens with zero attached hydrogens (tertiary/aromatic N) is 1. The van der Waals surface area contributed by atoms with E-state index < -0.39 is 0 Å². The molecule has 6 heteroatoms. The Bertz CT molecular complexity index is 1260. The zero-order chi connectivity index (χ0) is 18.4. The molecule has 0 bridgehead atoms. The largest absolute Gasteiger partial charge is 0.357 e. The number of nitrogens with one attached hydrogen (secondary N) is 3.